The van der Waals surface area contributed by atoms with Crippen molar-refractivity contribution in [3.8, 4) is 0 Å². The third kappa shape index (κ3) is 3.47. The van der Waals surface area contributed by atoms with Gasteiger partial charge in [0.05, 0.1) is 5.39 Å². The summed E-state index contributed by atoms with van der Waals surface area (Å²) in [5.41, 5.74) is 1.17. The van der Waals surface area contributed by atoms with E-state index in [4.69, 9.17) is 0 Å². The van der Waals surface area contributed by atoms with Crippen LogP contribution in [0.15, 0.2) is 45.8 Å². The van der Waals surface area contributed by atoms with Crippen LogP contribution in [0, 0.1) is 0 Å². The third-order valence-electron chi connectivity index (χ3n) is 3.97. The van der Waals surface area contributed by atoms with Gasteiger partial charge in [-0.15, -0.1) is 0 Å². The topological polar surface area (TPSA) is 48.1 Å². The Bertz CT molecular complexity index is 902. The smallest absolute Gasteiger partial charge is 0.256 e. The van der Waals surface area contributed by atoms with Crippen molar-refractivity contribution in [2.24, 2.45) is 0 Å². The summed E-state index contributed by atoms with van der Waals surface area (Å²) in [5.74, 6) is 0. The van der Waals surface area contributed by atoms with Crippen LogP contribution < -0.4 is 10.9 Å². The number of halogens is 1. The molecule has 2 N–H and O–H groups in total. The molecule has 0 fully saturated rings. The number of likely N-dealkylation sites (N-methyl/N-ethyl adjacent to an activating group) is 1. The molecule has 1 heterocycles. The Balaban J connectivity index is 2.08. The number of hydrogen-bond acceptors (Lipinski definition) is 3. The van der Waals surface area contributed by atoms with Crippen LogP contribution in [0.5, 0.6) is 0 Å². The van der Waals surface area contributed by atoms with Crippen LogP contribution in [0.3, 0.4) is 0 Å². The highest BCUT2D eigenvalue weighted by molar-refractivity contribution is 9.10. The van der Waals surface area contributed by atoms with Gasteiger partial charge in [0.1, 0.15) is 0 Å². The first kappa shape index (κ1) is 16.2. The van der Waals surface area contributed by atoms with Gasteiger partial charge in [0.2, 0.25) is 0 Å². The molecule has 3 aromatic rings. The summed E-state index contributed by atoms with van der Waals surface area (Å²) >= 11 is 3.51. The van der Waals surface area contributed by atoms with E-state index < -0.39 is 0 Å². The lowest BCUT2D eigenvalue weighted by molar-refractivity contribution is 0.400. The van der Waals surface area contributed by atoms with E-state index in [1.54, 1.807) is 6.20 Å². The van der Waals surface area contributed by atoms with E-state index in [1.807, 2.05) is 18.2 Å². The molecule has 0 aliphatic rings. The van der Waals surface area contributed by atoms with Gasteiger partial charge in [-0.05, 0) is 60.1 Å². The largest absolute Gasteiger partial charge is 0.329 e. The SMILES string of the molecule is CN(C)CCNCc1cc2cc[nH]c(=O)c2c2cc(Br)ccc12. The number of benzene rings is 2. The highest BCUT2D eigenvalue weighted by Gasteiger charge is 2.09. The Kier molecular flexibility index (Phi) is 4.80. The van der Waals surface area contributed by atoms with Crippen molar-refractivity contribution in [1.82, 2.24) is 15.2 Å². The van der Waals surface area contributed by atoms with Crippen LogP contribution in [-0.2, 0) is 6.54 Å². The Labute approximate surface area is 143 Å². The summed E-state index contributed by atoms with van der Waals surface area (Å²) < 4.78 is 0.979. The Morgan fingerprint density at radius 1 is 1.17 bits per heavy atom. The highest BCUT2D eigenvalue weighted by Crippen LogP contribution is 2.29. The van der Waals surface area contributed by atoms with Gasteiger partial charge in [0.25, 0.3) is 5.56 Å². The quantitative estimate of drug-likeness (QED) is 0.533. The van der Waals surface area contributed by atoms with Gasteiger partial charge >= 0.3 is 0 Å². The van der Waals surface area contributed by atoms with E-state index in [0.717, 1.165) is 45.7 Å². The van der Waals surface area contributed by atoms with Crippen LogP contribution in [0.1, 0.15) is 5.56 Å². The van der Waals surface area contributed by atoms with Crippen molar-refractivity contribution < 1.29 is 0 Å². The zero-order valence-corrected chi connectivity index (χ0v) is 14.9. The molecular formula is C18H20BrN3O. The molecule has 3 rings (SSSR count). The molecule has 0 saturated heterocycles. The van der Waals surface area contributed by atoms with Crippen LogP contribution in [0.2, 0.25) is 0 Å². The average molecular weight is 374 g/mol. The minimum Gasteiger partial charge on any atom is -0.329 e. The molecule has 0 aliphatic carbocycles. The molecule has 0 radical (unpaired) electrons. The van der Waals surface area contributed by atoms with Crippen LogP contribution in [0.4, 0.5) is 0 Å². The number of pyridine rings is 1. The maximum atomic E-state index is 12.3. The first-order chi connectivity index (χ1) is 11.1. The number of H-pyrrole nitrogens is 1. The number of hydrogen-bond donors (Lipinski definition) is 2. The fraction of sp³-hybridized carbons (Fsp3) is 0.278. The van der Waals surface area contributed by atoms with Crippen molar-refractivity contribution in [2.45, 2.75) is 6.54 Å². The summed E-state index contributed by atoms with van der Waals surface area (Å²) in [6, 6.07) is 10.2. The molecule has 23 heavy (non-hydrogen) atoms. The molecule has 0 aliphatic heterocycles. The van der Waals surface area contributed by atoms with Crippen molar-refractivity contribution in [1.29, 1.82) is 0 Å². The first-order valence-electron chi connectivity index (χ1n) is 7.64. The predicted octanol–water partition coefficient (Wildman–Crippen LogP) is 3.10. The number of rotatable bonds is 5. The summed E-state index contributed by atoms with van der Waals surface area (Å²) in [4.78, 5) is 17.2. The molecule has 1 aromatic heterocycles. The fourth-order valence-electron chi connectivity index (χ4n) is 2.83. The maximum Gasteiger partial charge on any atom is 0.256 e. The van der Waals surface area contributed by atoms with Crippen molar-refractivity contribution in [3.05, 3.63) is 56.9 Å². The Hall–Kier alpha value is -1.69. The van der Waals surface area contributed by atoms with Gasteiger partial charge in [-0.3, -0.25) is 4.79 Å². The first-order valence-corrected chi connectivity index (χ1v) is 8.43. The number of aromatic nitrogens is 1. The van der Waals surface area contributed by atoms with E-state index >= 15 is 0 Å². The van der Waals surface area contributed by atoms with Crippen LogP contribution >= 0.6 is 15.9 Å². The minimum atomic E-state index is -0.0438. The third-order valence-corrected chi connectivity index (χ3v) is 4.46. The summed E-state index contributed by atoms with van der Waals surface area (Å²) in [5, 5.41) is 7.32. The van der Waals surface area contributed by atoms with E-state index in [-0.39, 0.29) is 5.56 Å². The number of fused-ring (bicyclic) bond motifs is 3. The van der Waals surface area contributed by atoms with Gasteiger partial charge in [-0.25, -0.2) is 0 Å². The molecule has 0 amide bonds. The highest BCUT2D eigenvalue weighted by atomic mass is 79.9. The molecule has 4 nitrogen and oxygen atoms in total. The normalized spacial score (nSPS) is 11.7. The summed E-state index contributed by atoms with van der Waals surface area (Å²) in [7, 11) is 4.13. The van der Waals surface area contributed by atoms with E-state index in [0.29, 0.717) is 0 Å². The second-order valence-electron chi connectivity index (χ2n) is 5.98. The zero-order valence-electron chi connectivity index (χ0n) is 13.3. The molecule has 0 saturated carbocycles. The van der Waals surface area contributed by atoms with Crippen LogP contribution in [0.25, 0.3) is 21.5 Å². The monoisotopic (exact) mass is 373 g/mol. The molecular weight excluding hydrogens is 354 g/mol. The minimum absolute atomic E-state index is 0.0438. The molecule has 120 valence electrons. The summed E-state index contributed by atoms with van der Waals surface area (Å²) in [6.45, 7) is 2.71. The standard InChI is InChI=1S/C18H20BrN3O/c1-22(2)8-7-20-11-13-9-12-5-6-21-18(23)17(12)16-10-14(19)3-4-15(13)16/h3-6,9-10,20H,7-8,11H2,1-2H3,(H,21,23). The fourth-order valence-corrected chi connectivity index (χ4v) is 3.19. The second-order valence-corrected chi connectivity index (χ2v) is 6.89. The lowest BCUT2D eigenvalue weighted by Gasteiger charge is -2.13. The number of nitrogens with zero attached hydrogens (tertiary/aromatic N) is 1. The lowest BCUT2D eigenvalue weighted by Crippen LogP contribution is -2.26. The Morgan fingerprint density at radius 3 is 2.78 bits per heavy atom. The molecule has 0 atom stereocenters. The van der Waals surface area contributed by atoms with Crippen molar-refractivity contribution >= 4 is 37.5 Å². The molecule has 0 bridgehead atoms. The number of aromatic amines is 1. The van der Waals surface area contributed by atoms with Gasteiger partial charge in [-0.2, -0.15) is 0 Å². The van der Waals surface area contributed by atoms with Crippen molar-refractivity contribution in [2.75, 3.05) is 27.2 Å². The van der Waals surface area contributed by atoms with Crippen molar-refractivity contribution in [3.63, 3.8) is 0 Å². The zero-order chi connectivity index (χ0) is 16.4. The lowest BCUT2D eigenvalue weighted by atomic mass is 9.98. The average Bonchev–Trinajstić information content (AvgIpc) is 2.51. The van der Waals surface area contributed by atoms with Crippen LogP contribution in [-0.4, -0.2) is 37.1 Å². The molecule has 0 unspecified atom stereocenters. The number of nitrogens with one attached hydrogen (secondary N) is 2. The van der Waals surface area contributed by atoms with Gasteiger partial charge in [0.15, 0.2) is 0 Å². The van der Waals surface area contributed by atoms with E-state index in [2.05, 4.69) is 57.4 Å². The predicted molar refractivity (Wildman–Crippen MR) is 100 cm³/mol. The van der Waals surface area contributed by atoms with E-state index in [1.165, 1.54) is 5.56 Å². The van der Waals surface area contributed by atoms with Gasteiger partial charge < -0.3 is 15.2 Å². The summed E-state index contributed by atoms with van der Waals surface area (Å²) in [6.07, 6.45) is 1.71. The van der Waals surface area contributed by atoms with Gasteiger partial charge in [-0.1, -0.05) is 22.0 Å². The molecule has 0 spiro atoms. The molecule has 2 aromatic carbocycles. The second kappa shape index (κ2) is 6.83. The maximum absolute atomic E-state index is 12.3. The van der Waals surface area contributed by atoms with Gasteiger partial charge in [0, 0.05) is 30.3 Å². The molecule has 5 heteroatoms. The van der Waals surface area contributed by atoms with E-state index in [9.17, 15) is 4.79 Å². The Morgan fingerprint density at radius 2 is 2.00 bits per heavy atom.